The Morgan fingerprint density at radius 2 is 1.94 bits per heavy atom. The zero-order valence-electron chi connectivity index (χ0n) is 21.1. The topological polar surface area (TPSA) is 164 Å². The van der Waals surface area contributed by atoms with Gasteiger partial charge in [0.2, 0.25) is 0 Å². The van der Waals surface area contributed by atoms with Crippen LogP contribution in [-0.2, 0) is 28.7 Å². The van der Waals surface area contributed by atoms with E-state index < -0.39 is 69.7 Å². The summed E-state index contributed by atoms with van der Waals surface area (Å²) in [6.07, 6.45) is 3.42. The minimum Gasteiger partial charge on any atom is -0.458 e. The summed E-state index contributed by atoms with van der Waals surface area (Å²) < 4.78 is 11.8. The third kappa shape index (κ3) is 3.17. The molecule has 0 saturated heterocycles. The molecule has 0 aromatic heterocycles. The minimum atomic E-state index is -2.05. The molecule has 2 N–H and O–H groups in total. The van der Waals surface area contributed by atoms with Crippen molar-refractivity contribution in [1.82, 2.24) is 0 Å². The highest BCUT2D eigenvalue weighted by molar-refractivity contribution is 6.20. The molecule has 0 aromatic rings. The molecule has 0 unspecified atom stereocenters. The summed E-state index contributed by atoms with van der Waals surface area (Å²) >= 11 is 0. The van der Waals surface area contributed by atoms with Crippen molar-refractivity contribution in [3.05, 3.63) is 28.8 Å². The fourth-order valence-electron chi connectivity index (χ4n) is 7.38. The van der Waals surface area contributed by atoms with Crippen LogP contribution >= 0.6 is 0 Å². The average Bonchev–Trinajstić information content (AvgIpc) is 3.23. The molecule has 0 bridgehead atoms. The van der Waals surface area contributed by atoms with Gasteiger partial charge in [0.1, 0.15) is 18.0 Å². The van der Waals surface area contributed by atoms with E-state index in [9.17, 15) is 29.4 Å². The standard InChI is InChI=1S/C26H32N2O8/c1-6-7-18(30)35-22-14(3)25(34)16(20-23(4,5)26(20,22)36-19(31)11-28-27)9-15(12-29)10-24(33)17(25)8-13(2)21(24)32/h8-9,11-12,14,16-17,20,22,33-34H,6-7,10H2,1-5H3/t14-,16+,17-,20-,22-,24-,25-,26-/m1/s1. The number of fused-ring (bicyclic) bond motifs is 5. The summed E-state index contributed by atoms with van der Waals surface area (Å²) in [6.45, 7) is 8.58. The highest BCUT2D eigenvalue weighted by Gasteiger charge is 2.88. The van der Waals surface area contributed by atoms with Gasteiger partial charge in [-0.15, -0.1) is 0 Å². The Balaban J connectivity index is 1.95. The van der Waals surface area contributed by atoms with Gasteiger partial charge in [-0.25, -0.2) is 4.79 Å². The number of esters is 2. The van der Waals surface area contributed by atoms with Crippen molar-refractivity contribution in [3.8, 4) is 0 Å². The molecule has 2 saturated carbocycles. The summed E-state index contributed by atoms with van der Waals surface area (Å²) in [5.74, 6) is -5.60. The lowest BCUT2D eigenvalue weighted by Crippen LogP contribution is -2.66. The van der Waals surface area contributed by atoms with Crippen LogP contribution in [0.2, 0.25) is 0 Å². The lowest BCUT2D eigenvalue weighted by Gasteiger charge is -2.52. The largest absolute Gasteiger partial charge is 0.458 e. The summed E-state index contributed by atoms with van der Waals surface area (Å²) in [7, 11) is 0. The van der Waals surface area contributed by atoms with Gasteiger partial charge in [-0.1, -0.05) is 39.8 Å². The first kappa shape index (κ1) is 26.1. The van der Waals surface area contributed by atoms with Crippen LogP contribution in [-0.4, -0.2) is 68.1 Å². The van der Waals surface area contributed by atoms with E-state index in [2.05, 4.69) is 4.79 Å². The molecule has 10 heteroatoms. The maximum absolute atomic E-state index is 13.1. The van der Waals surface area contributed by atoms with Crippen LogP contribution in [0.1, 0.15) is 53.9 Å². The number of carbonyl (C=O) groups is 4. The number of Topliss-reactive ketones (excluding diaryl/α,β-unsaturated/α-hetero) is 1. The van der Waals surface area contributed by atoms with Crippen LogP contribution in [0.25, 0.3) is 5.53 Å². The molecule has 2 fully saturated rings. The van der Waals surface area contributed by atoms with Gasteiger partial charge < -0.3 is 25.2 Å². The number of ether oxygens (including phenoxy) is 2. The average molecular weight is 501 g/mol. The SMILES string of the molecule is CCCC(=O)O[C@@H]1[C@@H](C)[C@@]2(O)[C@@H](C=C(C=O)C[C@]3(O)C(=O)C(C)=C[C@@H]23)[C@@H]2C(C)(C)[C@]12OC(=O)C=[N+]=[N-]. The summed E-state index contributed by atoms with van der Waals surface area (Å²) in [4.78, 5) is 53.1. The maximum atomic E-state index is 13.1. The predicted molar refractivity (Wildman–Crippen MR) is 124 cm³/mol. The van der Waals surface area contributed by atoms with E-state index in [1.807, 2.05) is 0 Å². The van der Waals surface area contributed by atoms with Crippen LogP contribution in [0, 0.1) is 29.1 Å². The number of hydrogen-bond donors (Lipinski definition) is 2. The third-order valence-electron chi connectivity index (χ3n) is 9.01. The van der Waals surface area contributed by atoms with Gasteiger partial charge in [0.05, 0.1) is 5.60 Å². The van der Waals surface area contributed by atoms with Gasteiger partial charge in [-0.3, -0.25) is 14.4 Å². The van der Waals surface area contributed by atoms with Gasteiger partial charge in [-0.05, 0) is 24.5 Å². The molecule has 10 nitrogen and oxygen atoms in total. The fraction of sp³-hybridized carbons (Fsp3) is 0.654. The third-order valence-corrected chi connectivity index (χ3v) is 9.01. The first-order chi connectivity index (χ1) is 16.8. The normalized spacial score (nSPS) is 41.8. The van der Waals surface area contributed by atoms with Crippen LogP contribution in [0.5, 0.6) is 0 Å². The van der Waals surface area contributed by atoms with Crippen LogP contribution in [0.15, 0.2) is 23.3 Å². The van der Waals surface area contributed by atoms with Crippen molar-refractivity contribution in [3.63, 3.8) is 0 Å². The Labute approximate surface area is 209 Å². The smallest absolute Gasteiger partial charge is 0.414 e. The van der Waals surface area contributed by atoms with Gasteiger partial charge in [-0.2, -0.15) is 4.79 Å². The van der Waals surface area contributed by atoms with E-state index in [0.29, 0.717) is 18.9 Å². The summed E-state index contributed by atoms with van der Waals surface area (Å²) in [6, 6.07) is 0. The highest BCUT2D eigenvalue weighted by Crippen LogP contribution is 2.77. The van der Waals surface area contributed by atoms with Gasteiger partial charge >= 0.3 is 18.2 Å². The van der Waals surface area contributed by atoms with E-state index in [4.69, 9.17) is 15.0 Å². The second-order valence-electron chi connectivity index (χ2n) is 11.1. The first-order valence-electron chi connectivity index (χ1n) is 12.2. The molecule has 4 aliphatic carbocycles. The molecule has 0 amide bonds. The minimum absolute atomic E-state index is 0.0956. The molecule has 194 valence electrons. The number of carbonyl (C=O) groups excluding carboxylic acids is 4. The molecule has 0 aliphatic heterocycles. The first-order valence-corrected chi connectivity index (χ1v) is 12.2. The van der Waals surface area contributed by atoms with Crippen molar-refractivity contribution in [2.75, 3.05) is 0 Å². The maximum Gasteiger partial charge on any atom is 0.414 e. The van der Waals surface area contributed by atoms with Crippen LogP contribution < -0.4 is 0 Å². The lowest BCUT2D eigenvalue weighted by molar-refractivity contribution is -0.227. The Kier molecular flexibility index (Phi) is 6.02. The van der Waals surface area contributed by atoms with Crippen molar-refractivity contribution < 1.29 is 43.7 Å². The van der Waals surface area contributed by atoms with Crippen LogP contribution in [0.3, 0.4) is 0 Å². The molecule has 0 radical (unpaired) electrons. The number of ketones is 1. The monoisotopic (exact) mass is 500 g/mol. The van der Waals surface area contributed by atoms with E-state index in [0.717, 1.165) is 0 Å². The number of nitrogens with zero attached hydrogens (tertiary/aromatic N) is 2. The zero-order valence-corrected chi connectivity index (χ0v) is 21.1. The Hall–Kier alpha value is -2.94. The van der Waals surface area contributed by atoms with E-state index in [-0.39, 0.29) is 24.0 Å². The Morgan fingerprint density at radius 1 is 1.28 bits per heavy atom. The Morgan fingerprint density at radius 3 is 2.53 bits per heavy atom. The van der Waals surface area contributed by atoms with Crippen molar-refractivity contribution in [1.29, 1.82) is 0 Å². The summed E-state index contributed by atoms with van der Waals surface area (Å²) in [5.41, 5.74) is 3.13. The van der Waals surface area contributed by atoms with Gasteiger partial charge in [0, 0.05) is 41.9 Å². The van der Waals surface area contributed by atoms with E-state index in [1.165, 1.54) is 6.08 Å². The predicted octanol–water partition coefficient (Wildman–Crippen LogP) is 1.34. The number of aldehydes is 1. The second-order valence-corrected chi connectivity index (χ2v) is 11.1. The lowest BCUT2D eigenvalue weighted by atomic mass is 9.59. The van der Waals surface area contributed by atoms with Crippen LogP contribution in [0.4, 0.5) is 0 Å². The molecule has 0 heterocycles. The molecule has 4 rings (SSSR count). The molecular weight excluding hydrogens is 468 g/mol. The molecule has 0 spiro atoms. The molecule has 8 atom stereocenters. The number of rotatable bonds is 6. The van der Waals surface area contributed by atoms with Crippen molar-refractivity contribution in [2.24, 2.45) is 29.1 Å². The fourth-order valence-corrected chi connectivity index (χ4v) is 7.38. The molecule has 4 aliphatic rings. The van der Waals surface area contributed by atoms with Gasteiger partial charge in [0.25, 0.3) is 0 Å². The number of hydrogen-bond acceptors (Lipinski definition) is 8. The Bertz CT molecular complexity index is 1150. The zero-order chi connectivity index (χ0) is 26.8. The molecular formula is C26H32N2O8. The van der Waals surface area contributed by atoms with Crippen molar-refractivity contribution >= 4 is 30.2 Å². The molecule has 0 aromatic carbocycles. The van der Waals surface area contributed by atoms with E-state index in [1.54, 1.807) is 40.7 Å². The van der Waals surface area contributed by atoms with Gasteiger partial charge in [0.15, 0.2) is 11.4 Å². The quantitative estimate of drug-likeness (QED) is 0.181. The van der Waals surface area contributed by atoms with Crippen molar-refractivity contribution in [2.45, 2.75) is 76.8 Å². The molecule has 36 heavy (non-hydrogen) atoms. The highest BCUT2D eigenvalue weighted by atomic mass is 16.6. The summed E-state index contributed by atoms with van der Waals surface area (Å²) in [5, 5.41) is 24.1. The van der Waals surface area contributed by atoms with E-state index >= 15 is 0 Å². The second kappa shape index (κ2) is 8.30. The number of aliphatic hydroxyl groups is 2.